The topological polar surface area (TPSA) is 105 Å². The first-order valence-electron chi connectivity index (χ1n) is 10.5. The molecule has 0 atom stereocenters. The molecule has 0 saturated heterocycles. The van der Waals surface area contributed by atoms with Crippen molar-refractivity contribution in [1.82, 2.24) is 15.0 Å². The third-order valence-corrected chi connectivity index (χ3v) is 5.43. The van der Waals surface area contributed by atoms with Crippen molar-refractivity contribution in [3.63, 3.8) is 0 Å². The SMILES string of the molecule is COC(=O)c1cccc(-c2nc(-c3ccccc3O)nc(-c3cc4ccccc4cc3O)n2)c1. The molecular weight excluding hydrogens is 430 g/mol. The van der Waals surface area contributed by atoms with Gasteiger partial charge in [-0.1, -0.05) is 48.5 Å². The number of carbonyl (C=O) groups excluding carboxylic acids is 1. The van der Waals surface area contributed by atoms with Gasteiger partial charge in [0.15, 0.2) is 17.5 Å². The summed E-state index contributed by atoms with van der Waals surface area (Å²) in [5.41, 5.74) is 1.74. The van der Waals surface area contributed by atoms with E-state index in [1.54, 1.807) is 54.6 Å². The first-order chi connectivity index (χ1) is 16.5. The van der Waals surface area contributed by atoms with E-state index in [9.17, 15) is 15.0 Å². The van der Waals surface area contributed by atoms with Crippen molar-refractivity contribution in [2.24, 2.45) is 0 Å². The Labute approximate surface area is 195 Å². The first-order valence-corrected chi connectivity index (χ1v) is 10.5. The summed E-state index contributed by atoms with van der Waals surface area (Å²) < 4.78 is 4.83. The molecule has 1 heterocycles. The molecule has 0 spiro atoms. The highest BCUT2D eigenvalue weighted by atomic mass is 16.5. The van der Waals surface area contributed by atoms with Crippen LogP contribution < -0.4 is 0 Å². The first kappa shape index (κ1) is 21.1. The summed E-state index contributed by atoms with van der Waals surface area (Å²) in [6.07, 6.45) is 0. The predicted octanol–water partition coefficient (Wildman–Crippen LogP) is 5.22. The summed E-state index contributed by atoms with van der Waals surface area (Å²) in [6, 6.07) is 24.6. The van der Waals surface area contributed by atoms with Crippen molar-refractivity contribution < 1.29 is 19.7 Å². The van der Waals surface area contributed by atoms with Crippen LogP contribution in [-0.2, 0) is 4.74 Å². The molecule has 0 unspecified atom stereocenters. The number of phenolic OH excluding ortho intramolecular Hbond substituents is 2. The maximum absolute atomic E-state index is 12.0. The number of aromatic nitrogens is 3. The van der Waals surface area contributed by atoms with Gasteiger partial charge in [0.05, 0.1) is 23.8 Å². The van der Waals surface area contributed by atoms with Gasteiger partial charge in [0, 0.05) is 5.56 Å². The molecule has 7 heteroatoms. The zero-order valence-corrected chi connectivity index (χ0v) is 18.1. The molecule has 5 aromatic rings. The summed E-state index contributed by atoms with van der Waals surface area (Å²) in [4.78, 5) is 25.8. The maximum Gasteiger partial charge on any atom is 0.337 e. The van der Waals surface area contributed by atoms with Crippen LogP contribution in [0.5, 0.6) is 11.5 Å². The molecule has 0 aliphatic carbocycles. The fourth-order valence-electron chi connectivity index (χ4n) is 3.72. The van der Waals surface area contributed by atoms with Crippen LogP contribution in [0.25, 0.3) is 44.9 Å². The van der Waals surface area contributed by atoms with Gasteiger partial charge in [0.25, 0.3) is 0 Å². The molecule has 0 saturated carbocycles. The normalized spacial score (nSPS) is 10.9. The summed E-state index contributed by atoms with van der Waals surface area (Å²) >= 11 is 0. The lowest BCUT2D eigenvalue weighted by atomic mass is 10.0. The fourth-order valence-corrected chi connectivity index (χ4v) is 3.72. The zero-order chi connectivity index (χ0) is 23.7. The van der Waals surface area contributed by atoms with Crippen molar-refractivity contribution >= 4 is 16.7 Å². The van der Waals surface area contributed by atoms with E-state index in [1.165, 1.54) is 7.11 Å². The number of carbonyl (C=O) groups is 1. The van der Waals surface area contributed by atoms with E-state index in [1.807, 2.05) is 30.3 Å². The molecule has 0 aliphatic rings. The number of para-hydroxylation sites is 1. The quantitative estimate of drug-likeness (QED) is 0.362. The van der Waals surface area contributed by atoms with Gasteiger partial charge in [-0.3, -0.25) is 0 Å². The Morgan fingerprint density at radius 1 is 0.676 bits per heavy atom. The molecule has 0 bridgehead atoms. The third kappa shape index (κ3) is 3.91. The monoisotopic (exact) mass is 449 g/mol. The second-order valence-electron chi connectivity index (χ2n) is 7.61. The zero-order valence-electron chi connectivity index (χ0n) is 18.1. The Hall–Kier alpha value is -4.78. The lowest BCUT2D eigenvalue weighted by Gasteiger charge is -2.11. The lowest BCUT2D eigenvalue weighted by molar-refractivity contribution is 0.0601. The Kier molecular flexibility index (Phi) is 5.35. The number of nitrogens with zero attached hydrogens (tertiary/aromatic N) is 3. The van der Waals surface area contributed by atoms with Crippen LogP contribution in [0.15, 0.2) is 84.9 Å². The van der Waals surface area contributed by atoms with Crippen LogP contribution >= 0.6 is 0 Å². The number of fused-ring (bicyclic) bond motifs is 1. The van der Waals surface area contributed by atoms with Gasteiger partial charge in [0.1, 0.15) is 11.5 Å². The van der Waals surface area contributed by atoms with Gasteiger partial charge in [-0.25, -0.2) is 19.7 Å². The van der Waals surface area contributed by atoms with E-state index in [2.05, 4.69) is 15.0 Å². The summed E-state index contributed by atoms with van der Waals surface area (Å²) in [6.45, 7) is 0. The van der Waals surface area contributed by atoms with E-state index in [-0.39, 0.29) is 29.0 Å². The van der Waals surface area contributed by atoms with Crippen molar-refractivity contribution in [2.75, 3.05) is 7.11 Å². The van der Waals surface area contributed by atoms with Crippen molar-refractivity contribution in [1.29, 1.82) is 0 Å². The van der Waals surface area contributed by atoms with E-state index >= 15 is 0 Å². The fraction of sp³-hybridized carbons (Fsp3) is 0.0370. The highest BCUT2D eigenvalue weighted by Gasteiger charge is 2.18. The predicted molar refractivity (Wildman–Crippen MR) is 128 cm³/mol. The van der Waals surface area contributed by atoms with E-state index in [0.29, 0.717) is 22.3 Å². The molecule has 0 fully saturated rings. The molecule has 0 amide bonds. The summed E-state index contributed by atoms with van der Waals surface area (Å²) in [7, 11) is 1.31. The maximum atomic E-state index is 12.0. The van der Waals surface area contributed by atoms with E-state index in [0.717, 1.165) is 10.8 Å². The number of esters is 1. The van der Waals surface area contributed by atoms with Gasteiger partial charge in [0.2, 0.25) is 0 Å². The smallest absolute Gasteiger partial charge is 0.337 e. The number of rotatable bonds is 4. The molecule has 4 aromatic carbocycles. The van der Waals surface area contributed by atoms with Crippen LogP contribution in [0.2, 0.25) is 0 Å². The van der Waals surface area contributed by atoms with E-state index < -0.39 is 5.97 Å². The largest absolute Gasteiger partial charge is 0.507 e. The second kappa shape index (κ2) is 8.63. The number of hydrogen-bond donors (Lipinski definition) is 2. The van der Waals surface area contributed by atoms with Crippen molar-refractivity contribution in [3.05, 3.63) is 90.5 Å². The summed E-state index contributed by atoms with van der Waals surface area (Å²) in [5, 5.41) is 23.0. The molecule has 0 aliphatic heterocycles. The highest BCUT2D eigenvalue weighted by molar-refractivity contribution is 5.91. The Morgan fingerprint density at radius 2 is 1.32 bits per heavy atom. The van der Waals surface area contributed by atoms with Gasteiger partial charge in [-0.15, -0.1) is 0 Å². The number of phenols is 2. The molecule has 166 valence electrons. The molecule has 34 heavy (non-hydrogen) atoms. The van der Waals surface area contributed by atoms with E-state index in [4.69, 9.17) is 4.74 Å². The minimum atomic E-state index is -0.482. The van der Waals surface area contributed by atoms with Crippen LogP contribution in [0, 0.1) is 0 Å². The number of benzene rings is 4. The van der Waals surface area contributed by atoms with Crippen molar-refractivity contribution in [2.45, 2.75) is 0 Å². The average molecular weight is 449 g/mol. The minimum Gasteiger partial charge on any atom is -0.507 e. The second-order valence-corrected chi connectivity index (χ2v) is 7.61. The molecule has 2 N–H and O–H groups in total. The Morgan fingerprint density at radius 3 is 2.06 bits per heavy atom. The van der Waals surface area contributed by atoms with Crippen LogP contribution in [0.4, 0.5) is 0 Å². The number of ether oxygens (including phenoxy) is 1. The molecular formula is C27H19N3O4. The molecule has 1 aromatic heterocycles. The third-order valence-electron chi connectivity index (χ3n) is 5.43. The van der Waals surface area contributed by atoms with Crippen LogP contribution in [0.1, 0.15) is 10.4 Å². The Balaban J connectivity index is 1.75. The summed E-state index contributed by atoms with van der Waals surface area (Å²) in [5.74, 6) is 0.286. The van der Waals surface area contributed by atoms with Gasteiger partial charge in [-0.2, -0.15) is 0 Å². The van der Waals surface area contributed by atoms with Crippen LogP contribution in [-0.4, -0.2) is 38.2 Å². The van der Waals surface area contributed by atoms with Gasteiger partial charge in [-0.05, 0) is 47.2 Å². The van der Waals surface area contributed by atoms with Crippen molar-refractivity contribution in [3.8, 4) is 45.7 Å². The molecule has 5 rings (SSSR count). The number of methoxy groups -OCH3 is 1. The highest BCUT2D eigenvalue weighted by Crippen LogP contribution is 2.34. The lowest BCUT2D eigenvalue weighted by Crippen LogP contribution is -2.03. The molecule has 7 nitrogen and oxygen atoms in total. The number of hydrogen-bond acceptors (Lipinski definition) is 7. The Bertz CT molecular complexity index is 1550. The number of aromatic hydroxyl groups is 2. The minimum absolute atomic E-state index is 0.0108. The van der Waals surface area contributed by atoms with Gasteiger partial charge < -0.3 is 14.9 Å². The standard InChI is InChI=1S/C27H19N3O4/c1-34-27(33)19-10-6-9-18(13-19)24-28-25(20-11-4-5-12-22(20)31)30-26(29-24)21-14-16-7-2-3-8-17(16)15-23(21)32/h2-15,31-32H,1H3. The molecule has 0 radical (unpaired) electrons. The van der Waals surface area contributed by atoms with Crippen LogP contribution in [0.3, 0.4) is 0 Å². The average Bonchev–Trinajstić information content (AvgIpc) is 2.88. The van der Waals surface area contributed by atoms with Gasteiger partial charge >= 0.3 is 5.97 Å².